The first kappa shape index (κ1) is 13.0. The fourth-order valence-electron chi connectivity index (χ4n) is 1.44. The number of nitrogens with zero attached hydrogens (tertiary/aromatic N) is 1. The molecule has 0 radical (unpaired) electrons. The van der Waals surface area contributed by atoms with Gasteiger partial charge in [0.1, 0.15) is 0 Å². The molecule has 1 rings (SSSR count). The predicted octanol–water partition coefficient (Wildman–Crippen LogP) is 1.30. The van der Waals surface area contributed by atoms with Gasteiger partial charge >= 0.3 is 12.0 Å². The summed E-state index contributed by atoms with van der Waals surface area (Å²) in [5, 5.41) is 11.1. The van der Waals surface area contributed by atoms with Crippen molar-refractivity contribution in [2.24, 2.45) is 0 Å². The number of carboxylic acid groups (broad SMARTS) is 1. The number of carbonyl (C=O) groups is 2. The highest BCUT2D eigenvalue weighted by Gasteiger charge is 2.13. The second kappa shape index (κ2) is 6.52. The van der Waals surface area contributed by atoms with Crippen LogP contribution in [0.5, 0.6) is 0 Å². The Kier molecular flexibility index (Phi) is 5.00. The molecular weight excluding hydrogens is 220 g/mol. The second-order valence-corrected chi connectivity index (χ2v) is 3.61. The molecule has 0 atom stereocenters. The summed E-state index contributed by atoms with van der Waals surface area (Å²) in [4.78, 5) is 23.5. The summed E-state index contributed by atoms with van der Waals surface area (Å²) in [7, 11) is 1.53. The quantitative estimate of drug-likeness (QED) is 0.809. The van der Waals surface area contributed by atoms with Crippen LogP contribution in [0.15, 0.2) is 30.3 Å². The molecule has 5 heteroatoms. The lowest BCUT2D eigenvalue weighted by Gasteiger charge is -2.21. The minimum absolute atomic E-state index is 0.0553. The van der Waals surface area contributed by atoms with Gasteiger partial charge in [0.2, 0.25) is 0 Å². The first-order valence-electron chi connectivity index (χ1n) is 5.36. The number of urea groups is 1. The van der Waals surface area contributed by atoms with E-state index in [4.69, 9.17) is 5.11 Å². The lowest BCUT2D eigenvalue weighted by molar-refractivity contribution is -0.137. The van der Waals surface area contributed by atoms with E-state index in [1.54, 1.807) is 0 Å². The van der Waals surface area contributed by atoms with Crippen LogP contribution in [-0.2, 0) is 11.3 Å². The van der Waals surface area contributed by atoms with Crippen LogP contribution in [-0.4, -0.2) is 35.6 Å². The van der Waals surface area contributed by atoms with Crippen molar-refractivity contribution in [1.29, 1.82) is 0 Å². The summed E-state index contributed by atoms with van der Waals surface area (Å²) in [6.45, 7) is 0.609. The number of nitrogens with one attached hydrogen (secondary N) is 1. The van der Waals surface area contributed by atoms with Crippen molar-refractivity contribution in [3.8, 4) is 0 Å². The maximum Gasteiger partial charge on any atom is 0.317 e. The maximum absolute atomic E-state index is 11.6. The summed E-state index contributed by atoms with van der Waals surface area (Å²) in [5.74, 6) is -0.910. The van der Waals surface area contributed by atoms with Crippen LogP contribution in [0.2, 0.25) is 0 Å². The Balaban J connectivity index is 2.63. The van der Waals surface area contributed by atoms with Gasteiger partial charge in [0, 0.05) is 20.1 Å². The van der Waals surface area contributed by atoms with Gasteiger partial charge in [-0.25, -0.2) is 4.79 Å². The molecule has 5 nitrogen and oxygen atoms in total. The number of rotatable bonds is 5. The van der Waals surface area contributed by atoms with Crippen molar-refractivity contribution >= 4 is 12.0 Å². The van der Waals surface area contributed by atoms with Crippen LogP contribution in [0.1, 0.15) is 12.0 Å². The van der Waals surface area contributed by atoms with Crippen molar-refractivity contribution in [3.05, 3.63) is 35.9 Å². The zero-order chi connectivity index (χ0) is 12.7. The number of amides is 2. The molecule has 2 N–H and O–H groups in total. The fraction of sp³-hybridized carbons (Fsp3) is 0.333. The second-order valence-electron chi connectivity index (χ2n) is 3.61. The van der Waals surface area contributed by atoms with Gasteiger partial charge in [0.05, 0.1) is 6.42 Å². The Morgan fingerprint density at radius 3 is 2.47 bits per heavy atom. The topological polar surface area (TPSA) is 69.6 Å². The van der Waals surface area contributed by atoms with Gasteiger partial charge in [-0.1, -0.05) is 30.3 Å². The highest BCUT2D eigenvalue weighted by atomic mass is 16.4. The summed E-state index contributed by atoms with van der Waals surface area (Å²) in [6, 6.07) is 9.19. The lowest BCUT2D eigenvalue weighted by atomic mass is 10.2. The first-order chi connectivity index (χ1) is 8.13. The number of carbonyl (C=O) groups excluding carboxylic acids is 1. The van der Waals surface area contributed by atoms with Crippen molar-refractivity contribution < 1.29 is 14.7 Å². The Morgan fingerprint density at radius 2 is 1.94 bits per heavy atom. The third kappa shape index (κ3) is 4.55. The molecule has 0 saturated carbocycles. The van der Waals surface area contributed by atoms with Gasteiger partial charge in [0.25, 0.3) is 0 Å². The number of aliphatic carboxylic acids is 1. The van der Waals surface area contributed by atoms with Crippen LogP contribution < -0.4 is 5.32 Å². The molecule has 1 aromatic carbocycles. The molecule has 0 bridgehead atoms. The smallest absolute Gasteiger partial charge is 0.317 e. The molecule has 0 aliphatic rings. The first-order valence-corrected chi connectivity index (χ1v) is 5.36. The normalized spacial score (nSPS) is 9.71. The van der Waals surface area contributed by atoms with Gasteiger partial charge in [-0.3, -0.25) is 4.79 Å². The molecular formula is C12H16N2O3. The van der Waals surface area contributed by atoms with Crippen molar-refractivity contribution in [3.63, 3.8) is 0 Å². The van der Waals surface area contributed by atoms with Crippen LogP contribution in [0.4, 0.5) is 4.79 Å². The number of hydrogen-bond acceptors (Lipinski definition) is 2. The fourth-order valence-corrected chi connectivity index (χ4v) is 1.44. The zero-order valence-electron chi connectivity index (χ0n) is 9.72. The van der Waals surface area contributed by atoms with E-state index < -0.39 is 5.97 Å². The SMILES string of the molecule is CNC(=O)N(CCC(=O)O)Cc1ccccc1. The molecule has 17 heavy (non-hydrogen) atoms. The molecule has 0 spiro atoms. The Morgan fingerprint density at radius 1 is 1.29 bits per heavy atom. The molecule has 1 aromatic rings. The summed E-state index contributed by atoms with van der Waals surface area (Å²) in [5.41, 5.74) is 0.974. The Bertz CT molecular complexity index is 379. The number of hydrogen-bond donors (Lipinski definition) is 2. The van der Waals surface area contributed by atoms with Crippen LogP contribution in [0.3, 0.4) is 0 Å². The molecule has 0 aliphatic heterocycles. The molecule has 2 amide bonds. The summed E-state index contributed by atoms with van der Waals surface area (Å²) < 4.78 is 0. The third-order valence-corrected chi connectivity index (χ3v) is 2.31. The van der Waals surface area contributed by atoms with Gasteiger partial charge in [0.15, 0.2) is 0 Å². The van der Waals surface area contributed by atoms with E-state index in [0.29, 0.717) is 6.54 Å². The average Bonchev–Trinajstić information content (AvgIpc) is 2.34. The number of benzene rings is 1. The molecule has 0 aliphatic carbocycles. The van der Waals surface area contributed by atoms with E-state index in [9.17, 15) is 9.59 Å². The monoisotopic (exact) mass is 236 g/mol. The maximum atomic E-state index is 11.6. The van der Waals surface area contributed by atoms with E-state index in [2.05, 4.69) is 5.32 Å². The molecule has 0 unspecified atom stereocenters. The summed E-state index contributed by atoms with van der Waals surface area (Å²) >= 11 is 0. The molecule has 0 aromatic heterocycles. The lowest BCUT2D eigenvalue weighted by Crippen LogP contribution is -2.38. The minimum atomic E-state index is -0.910. The van der Waals surface area contributed by atoms with Crippen molar-refractivity contribution in [2.45, 2.75) is 13.0 Å². The highest BCUT2D eigenvalue weighted by molar-refractivity contribution is 5.75. The number of carboxylic acids is 1. The third-order valence-electron chi connectivity index (χ3n) is 2.31. The van der Waals surface area contributed by atoms with Gasteiger partial charge in [-0.2, -0.15) is 0 Å². The minimum Gasteiger partial charge on any atom is -0.481 e. The van der Waals surface area contributed by atoms with Crippen LogP contribution in [0, 0.1) is 0 Å². The van der Waals surface area contributed by atoms with Crippen molar-refractivity contribution in [2.75, 3.05) is 13.6 Å². The Labute approximate surface area is 100 Å². The highest BCUT2D eigenvalue weighted by Crippen LogP contribution is 2.05. The zero-order valence-corrected chi connectivity index (χ0v) is 9.72. The van der Waals surface area contributed by atoms with Gasteiger partial charge in [-0.15, -0.1) is 0 Å². The van der Waals surface area contributed by atoms with Crippen LogP contribution >= 0.6 is 0 Å². The largest absolute Gasteiger partial charge is 0.481 e. The van der Waals surface area contributed by atoms with E-state index in [0.717, 1.165) is 5.56 Å². The van der Waals surface area contributed by atoms with E-state index in [1.807, 2.05) is 30.3 Å². The molecule has 0 saturated heterocycles. The van der Waals surface area contributed by atoms with E-state index >= 15 is 0 Å². The summed E-state index contributed by atoms with van der Waals surface area (Å²) in [6.07, 6.45) is -0.0553. The van der Waals surface area contributed by atoms with Gasteiger partial charge in [-0.05, 0) is 5.56 Å². The standard InChI is InChI=1S/C12H16N2O3/c1-13-12(17)14(8-7-11(15)16)9-10-5-3-2-4-6-10/h2-6H,7-9H2,1H3,(H,13,17)(H,15,16). The molecule has 0 heterocycles. The predicted molar refractivity (Wildman–Crippen MR) is 63.6 cm³/mol. The average molecular weight is 236 g/mol. The Hall–Kier alpha value is -2.04. The molecule has 0 fully saturated rings. The van der Waals surface area contributed by atoms with Crippen molar-refractivity contribution in [1.82, 2.24) is 10.2 Å². The van der Waals surface area contributed by atoms with E-state index in [-0.39, 0.29) is 19.0 Å². The van der Waals surface area contributed by atoms with E-state index in [1.165, 1.54) is 11.9 Å². The van der Waals surface area contributed by atoms with Crippen LogP contribution in [0.25, 0.3) is 0 Å². The molecule has 92 valence electrons. The van der Waals surface area contributed by atoms with Gasteiger partial charge < -0.3 is 15.3 Å².